The van der Waals surface area contributed by atoms with Gasteiger partial charge in [-0.3, -0.25) is 0 Å². The van der Waals surface area contributed by atoms with E-state index in [4.69, 9.17) is 0 Å². The summed E-state index contributed by atoms with van der Waals surface area (Å²) in [5.41, 5.74) is 42.0. The Bertz CT molecular complexity index is 9510. The molecule has 666 valence electrons. The van der Waals surface area contributed by atoms with Crippen molar-refractivity contribution in [2.45, 2.75) is 24.7 Å². The molecule has 0 N–H and O–H groups in total. The lowest BCUT2D eigenvalue weighted by Gasteiger charge is -2.35. The summed E-state index contributed by atoms with van der Waals surface area (Å²) in [4.78, 5) is 4.90. The lowest BCUT2D eigenvalue weighted by Crippen LogP contribution is -2.28. The zero-order chi connectivity index (χ0) is 93.8. The lowest BCUT2D eigenvalue weighted by molar-refractivity contribution is 0.660. The Labute approximate surface area is 832 Å². The number of aromatic nitrogens is 2. The molecule has 142 heavy (non-hydrogen) atoms. The molecule has 4 aromatic heterocycles. The average molecular weight is 1840 g/mol. The molecule has 0 bridgehead atoms. The minimum absolute atomic E-state index is 0.195. The molecule has 0 saturated heterocycles. The Morgan fingerprint density at radius 2 is 0.549 bits per heavy atom. The summed E-state index contributed by atoms with van der Waals surface area (Å²) < 4.78 is 10.0. The highest BCUT2D eigenvalue weighted by Gasteiger charge is 2.47. The normalized spacial score (nSPS) is 12.8. The number of anilines is 6. The molecule has 0 amide bonds. The molecule has 28 rings (SSSR count). The van der Waals surface area contributed by atoms with Gasteiger partial charge in [0.15, 0.2) is 0 Å². The Morgan fingerprint density at radius 3 is 1.14 bits per heavy atom. The third kappa shape index (κ3) is 13.3. The van der Waals surface area contributed by atoms with Crippen molar-refractivity contribution in [3.05, 3.63) is 543 Å². The number of hydrogen-bond acceptors (Lipinski definition) is 4. The maximum atomic E-state index is 2.48. The molecular formula is C136H90N4S2. The topological polar surface area (TPSA) is 16.3 Å². The lowest BCUT2D eigenvalue weighted by atomic mass is 9.67. The van der Waals surface area contributed by atoms with Gasteiger partial charge in [-0.1, -0.05) is 372 Å². The maximum absolute atomic E-state index is 2.48. The fraction of sp³-hybridized carbons (Fsp3) is 0.0294. The van der Waals surface area contributed by atoms with E-state index in [2.05, 4.69) is 542 Å². The monoisotopic (exact) mass is 1840 g/mol. The van der Waals surface area contributed by atoms with Gasteiger partial charge >= 0.3 is 0 Å². The van der Waals surface area contributed by atoms with Crippen molar-refractivity contribution in [3.8, 4) is 112 Å². The van der Waals surface area contributed by atoms with Crippen molar-refractivity contribution in [2.75, 3.05) is 9.80 Å². The van der Waals surface area contributed by atoms with E-state index in [0.29, 0.717) is 0 Å². The minimum Gasteiger partial charge on any atom is -0.310 e. The van der Waals surface area contributed by atoms with E-state index in [9.17, 15) is 0 Å². The van der Waals surface area contributed by atoms with Crippen LogP contribution in [-0.2, 0) is 10.8 Å². The highest BCUT2D eigenvalue weighted by atomic mass is 32.1. The first-order valence-corrected chi connectivity index (χ1v) is 50.7. The molecule has 2 aliphatic carbocycles. The zero-order valence-electron chi connectivity index (χ0n) is 78.1. The van der Waals surface area contributed by atoms with Crippen LogP contribution in [0.25, 0.3) is 195 Å². The van der Waals surface area contributed by atoms with Crippen LogP contribution in [0.1, 0.15) is 47.2 Å². The van der Waals surface area contributed by atoms with Crippen molar-refractivity contribution in [3.63, 3.8) is 0 Å². The van der Waals surface area contributed by atoms with Gasteiger partial charge in [0, 0.05) is 113 Å². The summed E-state index contributed by atoms with van der Waals surface area (Å²) in [6, 6.07) is 191. The van der Waals surface area contributed by atoms with Gasteiger partial charge in [-0.15, -0.1) is 22.7 Å². The molecule has 0 aliphatic heterocycles. The van der Waals surface area contributed by atoms with E-state index in [1.807, 2.05) is 22.7 Å². The van der Waals surface area contributed by atoms with Gasteiger partial charge in [0.25, 0.3) is 0 Å². The van der Waals surface area contributed by atoms with Crippen LogP contribution in [0.15, 0.2) is 510 Å². The smallest absolute Gasteiger partial charge is 0.0714 e. The third-order valence-electron chi connectivity index (χ3n) is 30.4. The summed E-state index contributed by atoms with van der Waals surface area (Å²) in [6.07, 6.45) is 0. The molecule has 0 spiro atoms. The number of fused-ring (bicyclic) bond motifs is 18. The van der Waals surface area contributed by atoms with Gasteiger partial charge in [0.2, 0.25) is 0 Å². The summed E-state index contributed by atoms with van der Waals surface area (Å²) >= 11 is 3.74. The zero-order valence-corrected chi connectivity index (χ0v) is 79.7. The summed E-state index contributed by atoms with van der Waals surface area (Å²) in [5, 5.41) is 10.0. The summed E-state index contributed by atoms with van der Waals surface area (Å²) in [5.74, 6) is 0. The van der Waals surface area contributed by atoms with Crippen LogP contribution >= 0.6 is 22.7 Å². The van der Waals surface area contributed by atoms with Gasteiger partial charge in [-0.25, -0.2) is 0 Å². The quantitative estimate of drug-likeness (QED) is 0.0903. The summed E-state index contributed by atoms with van der Waals surface area (Å²) in [6.45, 7) is 4.76. The van der Waals surface area contributed by atoms with Crippen LogP contribution in [0, 0.1) is 0 Å². The molecule has 2 aliphatic rings. The first-order valence-electron chi connectivity index (χ1n) is 49.0. The Morgan fingerprint density at radius 1 is 0.183 bits per heavy atom. The third-order valence-corrected chi connectivity index (χ3v) is 32.7. The van der Waals surface area contributed by atoms with E-state index in [1.54, 1.807) is 0 Å². The molecule has 0 fully saturated rings. The van der Waals surface area contributed by atoms with Crippen molar-refractivity contribution in [2.24, 2.45) is 0 Å². The molecule has 26 aromatic rings. The van der Waals surface area contributed by atoms with E-state index >= 15 is 0 Å². The molecule has 0 saturated carbocycles. The van der Waals surface area contributed by atoms with Gasteiger partial charge in [0.05, 0.1) is 27.5 Å². The molecule has 6 heteroatoms. The van der Waals surface area contributed by atoms with Crippen molar-refractivity contribution in [1.29, 1.82) is 0 Å². The van der Waals surface area contributed by atoms with Crippen LogP contribution in [0.2, 0.25) is 0 Å². The number of thiophene rings is 2. The van der Waals surface area contributed by atoms with Gasteiger partial charge in [-0.2, -0.15) is 0 Å². The molecule has 22 aromatic carbocycles. The molecule has 0 radical (unpaired) electrons. The largest absolute Gasteiger partial charge is 0.310 e. The van der Waals surface area contributed by atoms with Gasteiger partial charge < -0.3 is 18.9 Å². The Hall–Kier alpha value is -17.5. The van der Waals surface area contributed by atoms with Crippen LogP contribution in [0.3, 0.4) is 0 Å². The molecule has 4 heterocycles. The van der Waals surface area contributed by atoms with Gasteiger partial charge in [0.1, 0.15) is 0 Å². The SMILES string of the molecule is CC1(C)c2ccccc2-c2ccc(N(c3ccc(-c4ccccc4-c4cccc5sc6ccc(-n7c8ccccc8c8cc(-c9ccc(-c%10cccc(N(c%11ccc(-c%12ccccc%12)cc%11)c%11ccc%12c(c%11)C(c%11ccccc%11)(c%11ccccc%11)c%11ccccc%11-%12)c%10)cc9)ccc87)cc6c45)cc3)c3cccc(-c4ccc(-c5ccc6c(c5)c5ccccc5n6-c5ccc6c(c5)sc5ccccc56)cc4)c3)cc21. The predicted molar refractivity (Wildman–Crippen MR) is 603 cm³/mol. The predicted octanol–water partition coefficient (Wildman–Crippen LogP) is 37.9. The number of hydrogen-bond donors (Lipinski definition) is 0. The fourth-order valence-corrected chi connectivity index (χ4v) is 26.0. The molecular weight excluding hydrogens is 1750 g/mol. The van der Waals surface area contributed by atoms with Crippen LogP contribution < -0.4 is 9.80 Å². The van der Waals surface area contributed by atoms with E-state index < -0.39 is 5.41 Å². The second-order valence-corrected chi connectivity index (χ2v) is 40.7. The van der Waals surface area contributed by atoms with Crippen molar-refractivity contribution < 1.29 is 0 Å². The number of benzene rings is 22. The van der Waals surface area contributed by atoms with Gasteiger partial charge in [-0.05, 0) is 285 Å². The highest BCUT2D eigenvalue weighted by molar-refractivity contribution is 7.26. The van der Waals surface area contributed by atoms with Crippen LogP contribution in [-0.4, -0.2) is 9.13 Å². The average Bonchev–Trinajstić information content (AvgIpc) is 1.53. The molecule has 0 unspecified atom stereocenters. The van der Waals surface area contributed by atoms with E-state index in [0.717, 1.165) is 78.7 Å². The maximum Gasteiger partial charge on any atom is 0.0714 e. The second kappa shape index (κ2) is 33.1. The van der Waals surface area contributed by atoms with E-state index in [1.165, 1.54) is 184 Å². The fourth-order valence-electron chi connectivity index (χ4n) is 23.7. The second-order valence-electron chi connectivity index (χ2n) is 38.5. The Balaban J connectivity index is 0.487. The Kier molecular flexibility index (Phi) is 19.3. The highest BCUT2D eigenvalue weighted by Crippen LogP contribution is 2.59. The molecule has 4 nitrogen and oxygen atoms in total. The first kappa shape index (κ1) is 82.7. The summed E-state index contributed by atoms with van der Waals surface area (Å²) in [7, 11) is 0. The standard InChI is InChI=1S/C136H90N4S2/c1-135(2)122-45-19-14-39-110(122)112-73-69-105(84-124(112)135)137(102-35-24-29-94(79-102)89-51-57-92(58-52-89)97-64-77-129-120(82-97)115-42-17-22-48-127(115)140(129)107-71-75-117-116-43-18-23-49-130(116)142-133(117)86-107)101-67-61-93(62-68-101)108-37-12-13-38-109(108)118-44-26-50-132-134(118)121-83-104(72-78-131(121)141-132)139-126-47-21-16-41-114(126)119-81-96(63-76-128(119)139)91-55-53-90(54-56-91)95-30-25-36-103(80-95)138(100-65-59-88(60-66-100)87-27-6-3-7-28-87)106-70-74-113-111-40-15-20-46-123(111)136(125(113)85-106,98-31-8-4-9-32-98)99-33-10-5-11-34-99/h3-86H,1-2H3. The van der Waals surface area contributed by atoms with Crippen molar-refractivity contribution >= 4 is 141 Å². The van der Waals surface area contributed by atoms with Crippen LogP contribution in [0.5, 0.6) is 0 Å². The number of rotatable bonds is 17. The van der Waals surface area contributed by atoms with E-state index in [-0.39, 0.29) is 5.41 Å². The van der Waals surface area contributed by atoms with Crippen LogP contribution in [0.4, 0.5) is 34.1 Å². The number of nitrogens with zero attached hydrogens (tertiary/aromatic N) is 4. The number of para-hydroxylation sites is 2. The molecule has 0 atom stereocenters. The minimum atomic E-state index is -0.557. The van der Waals surface area contributed by atoms with Crippen molar-refractivity contribution in [1.82, 2.24) is 9.13 Å². The first-order chi connectivity index (χ1) is 70.1.